The molecule has 7 heteroatoms. The molecule has 23 heavy (non-hydrogen) atoms. The number of halogens is 3. The molecule has 124 valence electrons. The van der Waals surface area contributed by atoms with Crippen molar-refractivity contribution in [2.24, 2.45) is 11.8 Å². The molecule has 0 unspecified atom stereocenters. The van der Waals surface area contributed by atoms with Gasteiger partial charge in [-0.3, -0.25) is 14.5 Å². The Balaban J connectivity index is 1.70. The van der Waals surface area contributed by atoms with Crippen molar-refractivity contribution >= 4 is 61.0 Å². The minimum Gasteiger partial charge on any atom is -0.367 e. The molecule has 2 aliphatic rings. The Morgan fingerprint density at radius 2 is 1.74 bits per heavy atom. The Bertz CT molecular complexity index is 627. The van der Waals surface area contributed by atoms with Gasteiger partial charge in [0.05, 0.1) is 18.5 Å². The maximum absolute atomic E-state index is 12.5. The van der Waals surface area contributed by atoms with E-state index in [2.05, 4.69) is 37.2 Å². The van der Waals surface area contributed by atoms with E-state index in [1.165, 1.54) is 4.90 Å². The van der Waals surface area contributed by atoms with Crippen molar-refractivity contribution in [1.82, 2.24) is 4.90 Å². The van der Waals surface area contributed by atoms with Crippen LogP contribution in [-0.4, -0.2) is 33.0 Å². The van der Waals surface area contributed by atoms with Gasteiger partial charge in [-0.2, -0.15) is 0 Å². The Morgan fingerprint density at radius 3 is 2.26 bits per heavy atom. The molecule has 1 N–H and O–H groups in total. The third-order valence-electron chi connectivity index (χ3n) is 4.62. The fraction of sp³-hybridized carbons (Fsp3) is 0.500. The first kappa shape index (κ1) is 17.2. The Hall–Kier alpha value is -0.590. The number of fused-ring (bicyclic) bond motifs is 1. The van der Waals surface area contributed by atoms with Gasteiger partial charge in [0.25, 0.3) is 0 Å². The largest absolute Gasteiger partial charge is 0.367 e. The van der Waals surface area contributed by atoms with E-state index in [0.29, 0.717) is 17.9 Å². The number of imide groups is 1. The summed E-state index contributed by atoms with van der Waals surface area (Å²) < 4.78 is 0. The second kappa shape index (κ2) is 6.73. The fourth-order valence-electron chi connectivity index (χ4n) is 3.19. The van der Waals surface area contributed by atoms with Crippen LogP contribution in [0, 0.1) is 18.8 Å². The quantitative estimate of drug-likeness (QED) is 0.545. The standard InChI is InChI=1S/C16H17Br2ClN2O2/c1-8-2-3-9(4-14(8)19)20-7-21-15(22)10-5-12(17)13(18)6-11(10)16(21)23/h2-4,10-13,20H,5-7H2,1H3/t10-,11+,12-,13-/m1/s1. The molecule has 1 saturated heterocycles. The van der Waals surface area contributed by atoms with Crippen LogP contribution >= 0.6 is 43.5 Å². The Labute approximate surface area is 157 Å². The van der Waals surface area contributed by atoms with E-state index in [-0.39, 0.29) is 40.0 Å². The summed E-state index contributed by atoms with van der Waals surface area (Å²) in [7, 11) is 0. The number of hydrogen-bond donors (Lipinski definition) is 1. The zero-order valence-corrected chi connectivity index (χ0v) is 16.5. The molecule has 0 aromatic heterocycles. The summed E-state index contributed by atoms with van der Waals surface area (Å²) in [5.41, 5.74) is 1.79. The number of carbonyl (C=O) groups excluding carboxylic acids is 2. The molecule has 2 fully saturated rings. The molecule has 1 aliphatic carbocycles. The summed E-state index contributed by atoms with van der Waals surface area (Å²) in [6.45, 7) is 2.11. The second-order valence-corrected chi connectivity index (χ2v) is 8.88. The van der Waals surface area contributed by atoms with Gasteiger partial charge in [0, 0.05) is 20.4 Å². The van der Waals surface area contributed by atoms with Crippen LogP contribution in [0.1, 0.15) is 18.4 Å². The van der Waals surface area contributed by atoms with Gasteiger partial charge in [0.15, 0.2) is 0 Å². The molecule has 2 amide bonds. The molecule has 1 aromatic carbocycles. The number of benzene rings is 1. The normalized spacial score (nSPS) is 30.5. The molecule has 3 rings (SSSR count). The second-order valence-electron chi connectivity index (χ2n) is 6.12. The third kappa shape index (κ3) is 3.30. The molecular weight excluding hydrogens is 447 g/mol. The van der Waals surface area contributed by atoms with Crippen molar-refractivity contribution in [2.45, 2.75) is 29.4 Å². The smallest absolute Gasteiger partial charge is 0.234 e. The molecule has 1 saturated carbocycles. The molecule has 0 bridgehead atoms. The van der Waals surface area contributed by atoms with Gasteiger partial charge in [-0.1, -0.05) is 49.5 Å². The highest BCUT2D eigenvalue weighted by Crippen LogP contribution is 2.43. The molecule has 4 nitrogen and oxygen atoms in total. The third-order valence-corrected chi connectivity index (χ3v) is 7.76. The predicted octanol–water partition coefficient (Wildman–Crippen LogP) is 3.94. The van der Waals surface area contributed by atoms with E-state index in [1.54, 1.807) is 6.07 Å². The number of hydrogen-bond acceptors (Lipinski definition) is 3. The molecule has 0 spiro atoms. The summed E-state index contributed by atoms with van der Waals surface area (Å²) in [6, 6.07) is 5.60. The van der Waals surface area contributed by atoms with Gasteiger partial charge in [-0.15, -0.1) is 0 Å². The first-order valence-electron chi connectivity index (χ1n) is 7.52. The molecule has 4 atom stereocenters. The number of amides is 2. The molecule has 1 heterocycles. The van der Waals surface area contributed by atoms with E-state index >= 15 is 0 Å². The number of rotatable bonds is 3. The maximum Gasteiger partial charge on any atom is 0.234 e. The van der Waals surface area contributed by atoms with Gasteiger partial charge >= 0.3 is 0 Å². The van der Waals surface area contributed by atoms with Crippen molar-refractivity contribution in [2.75, 3.05) is 12.0 Å². The topological polar surface area (TPSA) is 49.4 Å². The predicted molar refractivity (Wildman–Crippen MR) is 98.2 cm³/mol. The highest BCUT2D eigenvalue weighted by molar-refractivity contribution is 9.12. The van der Waals surface area contributed by atoms with Gasteiger partial charge in [0.1, 0.15) is 0 Å². The van der Waals surface area contributed by atoms with Crippen LogP contribution in [0.5, 0.6) is 0 Å². The van der Waals surface area contributed by atoms with E-state index in [0.717, 1.165) is 11.3 Å². The minimum absolute atomic E-state index is 0.0745. The van der Waals surface area contributed by atoms with E-state index in [4.69, 9.17) is 11.6 Å². The number of aryl methyl sites for hydroxylation is 1. The number of anilines is 1. The first-order chi connectivity index (χ1) is 10.9. The van der Waals surface area contributed by atoms with Crippen LogP contribution in [0.25, 0.3) is 0 Å². The van der Waals surface area contributed by atoms with Gasteiger partial charge < -0.3 is 5.32 Å². The summed E-state index contributed by atoms with van der Waals surface area (Å²) in [6.07, 6.45) is 1.38. The van der Waals surface area contributed by atoms with E-state index in [9.17, 15) is 9.59 Å². The average Bonchev–Trinajstić information content (AvgIpc) is 2.73. The zero-order valence-electron chi connectivity index (χ0n) is 12.6. The summed E-state index contributed by atoms with van der Waals surface area (Å²) in [5.74, 6) is -0.558. The number of nitrogens with one attached hydrogen (secondary N) is 1. The molecule has 0 radical (unpaired) electrons. The van der Waals surface area contributed by atoms with Crippen LogP contribution in [0.4, 0.5) is 5.69 Å². The van der Waals surface area contributed by atoms with Gasteiger partial charge in [0.2, 0.25) is 11.8 Å². The van der Waals surface area contributed by atoms with Crippen molar-refractivity contribution in [3.05, 3.63) is 28.8 Å². The summed E-state index contributed by atoms with van der Waals surface area (Å²) in [4.78, 5) is 26.9. The highest BCUT2D eigenvalue weighted by Gasteiger charge is 2.51. The van der Waals surface area contributed by atoms with Crippen LogP contribution < -0.4 is 5.32 Å². The Morgan fingerprint density at radius 1 is 1.17 bits per heavy atom. The molecular formula is C16H17Br2ClN2O2. The first-order valence-corrected chi connectivity index (χ1v) is 9.73. The van der Waals surface area contributed by atoms with Gasteiger partial charge in [-0.25, -0.2) is 0 Å². The van der Waals surface area contributed by atoms with Crippen LogP contribution in [-0.2, 0) is 9.59 Å². The number of alkyl halides is 2. The molecule has 1 aliphatic heterocycles. The van der Waals surface area contributed by atoms with Crippen molar-refractivity contribution in [3.8, 4) is 0 Å². The van der Waals surface area contributed by atoms with Crippen LogP contribution in [0.3, 0.4) is 0 Å². The lowest BCUT2D eigenvalue weighted by Gasteiger charge is -2.29. The monoisotopic (exact) mass is 462 g/mol. The Kier molecular flexibility index (Phi) is 5.04. The summed E-state index contributed by atoms with van der Waals surface area (Å²) in [5, 5.41) is 3.78. The van der Waals surface area contributed by atoms with E-state index < -0.39 is 0 Å². The molecule has 1 aromatic rings. The lowest BCUT2D eigenvalue weighted by atomic mass is 9.81. The average molecular weight is 465 g/mol. The van der Waals surface area contributed by atoms with Crippen LogP contribution in [0.2, 0.25) is 5.02 Å². The van der Waals surface area contributed by atoms with E-state index in [1.807, 2.05) is 19.1 Å². The number of carbonyl (C=O) groups is 2. The highest BCUT2D eigenvalue weighted by atomic mass is 79.9. The summed E-state index contributed by atoms with van der Waals surface area (Å²) >= 11 is 13.3. The number of likely N-dealkylation sites (tertiary alicyclic amines) is 1. The SMILES string of the molecule is Cc1ccc(NCN2C(=O)[C@H]3C[C@@H](Br)[C@H](Br)C[C@H]3C2=O)cc1Cl. The van der Waals surface area contributed by atoms with Crippen LogP contribution in [0.15, 0.2) is 18.2 Å². The van der Waals surface area contributed by atoms with Crippen molar-refractivity contribution < 1.29 is 9.59 Å². The maximum atomic E-state index is 12.5. The van der Waals surface area contributed by atoms with Crippen molar-refractivity contribution in [3.63, 3.8) is 0 Å². The lowest BCUT2D eigenvalue weighted by Crippen LogP contribution is -2.35. The lowest BCUT2D eigenvalue weighted by molar-refractivity contribution is -0.139. The van der Waals surface area contributed by atoms with Crippen molar-refractivity contribution in [1.29, 1.82) is 0 Å². The van der Waals surface area contributed by atoms with Gasteiger partial charge in [-0.05, 0) is 37.5 Å². The number of nitrogens with zero attached hydrogens (tertiary/aromatic N) is 1. The zero-order chi connectivity index (χ0) is 16.7. The minimum atomic E-state index is -0.205. The fourth-order valence-corrected chi connectivity index (χ4v) is 4.61.